The van der Waals surface area contributed by atoms with Gasteiger partial charge in [-0.25, -0.2) is 4.39 Å². The molecular formula is C17H16FN3O. The quantitative estimate of drug-likeness (QED) is 0.915. The summed E-state index contributed by atoms with van der Waals surface area (Å²) >= 11 is 0. The number of anilines is 1. The highest BCUT2D eigenvalue weighted by molar-refractivity contribution is 6.04. The molecule has 0 radical (unpaired) electrons. The molecule has 0 aliphatic carbocycles. The number of nitrogens with one attached hydrogen (secondary N) is 2. The minimum absolute atomic E-state index is 0.263. The molecule has 3 rings (SSSR count). The number of hydrogen-bond acceptors (Lipinski definition) is 3. The lowest BCUT2D eigenvalue weighted by atomic mass is 10.1. The lowest BCUT2D eigenvalue weighted by Crippen LogP contribution is -2.30. The van der Waals surface area contributed by atoms with E-state index in [1.165, 1.54) is 24.3 Å². The molecular weight excluding hydrogens is 281 g/mol. The van der Waals surface area contributed by atoms with Crippen LogP contribution in [0, 0.1) is 5.82 Å². The molecule has 1 heterocycles. The number of amides is 1. The van der Waals surface area contributed by atoms with E-state index in [9.17, 15) is 9.18 Å². The van der Waals surface area contributed by atoms with E-state index in [4.69, 9.17) is 0 Å². The number of hydrogen-bond donors (Lipinski definition) is 2. The van der Waals surface area contributed by atoms with E-state index in [0.717, 1.165) is 30.9 Å². The van der Waals surface area contributed by atoms with Gasteiger partial charge in [0.15, 0.2) is 0 Å². The molecule has 22 heavy (non-hydrogen) atoms. The monoisotopic (exact) mass is 297 g/mol. The molecule has 1 aliphatic heterocycles. The van der Waals surface area contributed by atoms with Gasteiger partial charge >= 0.3 is 0 Å². The van der Waals surface area contributed by atoms with E-state index in [-0.39, 0.29) is 11.7 Å². The summed E-state index contributed by atoms with van der Waals surface area (Å²) in [6.45, 7) is 1.77. The van der Waals surface area contributed by atoms with E-state index in [0.29, 0.717) is 11.3 Å². The van der Waals surface area contributed by atoms with Crippen molar-refractivity contribution in [3.8, 4) is 0 Å². The van der Waals surface area contributed by atoms with Gasteiger partial charge in [-0.2, -0.15) is 0 Å². The largest absolute Gasteiger partial charge is 0.370 e. The van der Waals surface area contributed by atoms with E-state index in [1.807, 2.05) is 24.3 Å². The van der Waals surface area contributed by atoms with Crippen molar-refractivity contribution in [1.82, 2.24) is 5.32 Å². The van der Waals surface area contributed by atoms with Crippen LogP contribution in [0.4, 0.5) is 10.1 Å². The Morgan fingerprint density at radius 3 is 2.45 bits per heavy atom. The normalized spacial score (nSPS) is 14.0. The number of benzene rings is 2. The van der Waals surface area contributed by atoms with Crippen LogP contribution >= 0.6 is 0 Å². The number of nitrogens with zero attached hydrogens (tertiary/aromatic N) is 1. The van der Waals surface area contributed by atoms with Crippen LogP contribution in [0.2, 0.25) is 0 Å². The van der Waals surface area contributed by atoms with E-state index in [1.54, 1.807) is 0 Å². The number of rotatable bonds is 3. The Kier molecular flexibility index (Phi) is 4.14. The summed E-state index contributed by atoms with van der Waals surface area (Å²) in [5, 5.41) is 6.04. The molecule has 5 heteroatoms. The number of carbonyl (C=O) groups is 1. The Bertz CT molecular complexity index is 693. The number of amidine groups is 1. The summed E-state index contributed by atoms with van der Waals surface area (Å²) in [6, 6.07) is 12.9. The van der Waals surface area contributed by atoms with Gasteiger partial charge in [-0.05, 0) is 55.0 Å². The lowest BCUT2D eigenvalue weighted by Gasteiger charge is -2.15. The Hall–Kier alpha value is -2.69. The summed E-state index contributed by atoms with van der Waals surface area (Å²) in [7, 11) is 0. The van der Waals surface area contributed by atoms with Crippen molar-refractivity contribution in [2.45, 2.75) is 6.42 Å². The van der Waals surface area contributed by atoms with Crippen LogP contribution in [-0.2, 0) is 0 Å². The molecule has 112 valence electrons. The van der Waals surface area contributed by atoms with Crippen molar-refractivity contribution in [3.63, 3.8) is 0 Å². The van der Waals surface area contributed by atoms with Crippen LogP contribution in [-0.4, -0.2) is 24.8 Å². The standard InChI is InChI=1S/C17H16FN3O/c18-14-6-2-13(3-7-14)17(22)21-15-8-4-12(5-9-15)16-19-10-1-11-20-16/h2-9H,1,10-11H2,(H,19,20)(H,21,22). The zero-order chi connectivity index (χ0) is 15.4. The number of aliphatic imine (C=N–C) groups is 1. The molecule has 1 amide bonds. The Morgan fingerprint density at radius 2 is 1.82 bits per heavy atom. The maximum Gasteiger partial charge on any atom is 0.255 e. The summed E-state index contributed by atoms with van der Waals surface area (Å²) in [4.78, 5) is 16.5. The van der Waals surface area contributed by atoms with Crippen molar-refractivity contribution >= 4 is 17.4 Å². The average Bonchev–Trinajstić information content (AvgIpc) is 2.57. The molecule has 2 aromatic carbocycles. The first-order chi connectivity index (χ1) is 10.7. The van der Waals surface area contributed by atoms with Crippen LogP contribution in [0.1, 0.15) is 22.3 Å². The molecule has 0 fully saturated rings. The SMILES string of the molecule is O=C(Nc1ccc(C2=NCCCN2)cc1)c1ccc(F)cc1. The van der Waals surface area contributed by atoms with Crippen molar-refractivity contribution in [1.29, 1.82) is 0 Å². The molecule has 0 aromatic heterocycles. The second kappa shape index (κ2) is 6.39. The van der Waals surface area contributed by atoms with E-state index >= 15 is 0 Å². The first kappa shape index (κ1) is 14.3. The highest BCUT2D eigenvalue weighted by atomic mass is 19.1. The Labute approximate surface area is 128 Å². The van der Waals surface area contributed by atoms with Crippen LogP contribution in [0.5, 0.6) is 0 Å². The fourth-order valence-corrected chi connectivity index (χ4v) is 2.24. The third-order valence-corrected chi connectivity index (χ3v) is 3.42. The molecule has 2 aromatic rings. The summed E-state index contributed by atoms with van der Waals surface area (Å²) in [6.07, 6.45) is 1.05. The topological polar surface area (TPSA) is 53.5 Å². The lowest BCUT2D eigenvalue weighted by molar-refractivity contribution is 0.102. The second-order valence-electron chi connectivity index (χ2n) is 5.05. The molecule has 0 spiro atoms. The van der Waals surface area contributed by atoms with Gasteiger partial charge in [-0.15, -0.1) is 0 Å². The van der Waals surface area contributed by atoms with Crippen molar-refractivity contribution < 1.29 is 9.18 Å². The minimum Gasteiger partial charge on any atom is -0.370 e. The molecule has 1 aliphatic rings. The van der Waals surface area contributed by atoms with Gasteiger partial charge in [0.1, 0.15) is 11.7 Å². The van der Waals surface area contributed by atoms with Crippen molar-refractivity contribution in [2.24, 2.45) is 4.99 Å². The van der Waals surface area contributed by atoms with Crippen LogP contribution < -0.4 is 10.6 Å². The Balaban J connectivity index is 1.69. The number of carbonyl (C=O) groups excluding carboxylic acids is 1. The zero-order valence-corrected chi connectivity index (χ0v) is 12.0. The van der Waals surface area contributed by atoms with Gasteiger partial charge in [0, 0.05) is 29.9 Å². The third kappa shape index (κ3) is 3.31. The van der Waals surface area contributed by atoms with Crippen molar-refractivity contribution in [3.05, 3.63) is 65.5 Å². The second-order valence-corrected chi connectivity index (χ2v) is 5.05. The molecule has 0 unspecified atom stereocenters. The maximum absolute atomic E-state index is 12.8. The molecule has 2 N–H and O–H groups in total. The molecule has 0 saturated heterocycles. The summed E-state index contributed by atoms with van der Waals surface area (Å²) in [5.74, 6) is 0.269. The Morgan fingerprint density at radius 1 is 1.09 bits per heavy atom. The number of halogens is 1. The third-order valence-electron chi connectivity index (χ3n) is 3.42. The van der Waals surface area contributed by atoms with Crippen LogP contribution in [0.25, 0.3) is 0 Å². The zero-order valence-electron chi connectivity index (χ0n) is 12.0. The fraction of sp³-hybridized carbons (Fsp3) is 0.176. The molecule has 0 atom stereocenters. The summed E-state index contributed by atoms with van der Waals surface area (Å²) in [5.41, 5.74) is 2.11. The first-order valence-electron chi connectivity index (χ1n) is 7.18. The van der Waals surface area contributed by atoms with E-state index in [2.05, 4.69) is 15.6 Å². The molecule has 4 nitrogen and oxygen atoms in total. The average molecular weight is 297 g/mol. The van der Waals surface area contributed by atoms with Gasteiger partial charge in [-0.3, -0.25) is 9.79 Å². The molecule has 0 bridgehead atoms. The highest BCUT2D eigenvalue weighted by Gasteiger charge is 2.09. The smallest absolute Gasteiger partial charge is 0.255 e. The van der Waals surface area contributed by atoms with Crippen molar-refractivity contribution in [2.75, 3.05) is 18.4 Å². The van der Waals surface area contributed by atoms with Gasteiger partial charge in [0.25, 0.3) is 5.91 Å². The predicted molar refractivity (Wildman–Crippen MR) is 84.8 cm³/mol. The highest BCUT2D eigenvalue weighted by Crippen LogP contribution is 2.13. The fourth-order valence-electron chi connectivity index (χ4n) is 2.24. The van der Waals surface area contributed by atoms with Gasteiger partial charge in [0.05, 0.1) is 0 Å². The minimum atomic E-state index is -0.360. The predicted octanol–water partition coefficient (Wildman–Crippen LogP) is 2.82. The first-order valence-corrected chi connectivity index (χ1v) is 7.18. The van der Waals surface area contributed by atoms with Gasteiger partial charge < -0.3 is 10.6 Å². The molecule has 0 saturated carbocycles. The van der Waals surface area contributed by atoms with Gasteiger partial charge in [0.2, 0.25) is 0 Å². The van der Waals surface area contributed by atoms with Gasteiger partial charge in [-0.1, -0.05) is 0 Å². The van der Waals surface area contributed by atoms with Crippen LogP contribution in [0.15, 0.2) is 53.5 Å². The maximum atomic E-state index is 12.8. The van der Waals surface area contributed by atoms with Crippen LogP contribution in [0.3, 0.4) is 0 Å². The summed E-state index contributed by atoms with van der Waals surface area (Å²) < 4.78 is 12.8. The van der Waals surface area contributed by atoms with E-state index < -0.39 is 0 Å².